The molecule has 1 amide bonds. The van der Waals surface area contributed by atoms with Crippen molar-refractivity contribution in [3.63, 3.8) is 0 Å². The van der Waals surface area contributed by atoms with Crippen molar-refractivity contribution in [2.24, 2.45) is 16.5 Å². The number of pyridine rings is 1. The van der Waals surface area contributed by atoms with E-state index in [-0.39, 0.29) is 35.1 Å². The Hall–Kier alpha value is -3.74. The Kier molecular flexibility index (Phi) is 9.12. The molecule has 0 saturated heterocycles. The molecule has 6 N–H and O–H groups in total. The number of sulfonamides is 1. The highest BCUT2D eigenvalue weighted by atomic mass is 32.2. The van der Waals surface area contributed by atoms with Gasteiger partial charge in [0.05, 0.1) is 16.6 Å². The molecule has 0 aliphatic heterocycles. The third kappa shape index (κ3) is 6.88. The molecule has 1 aromatic carbocycles. The van der Waals surface area contributed by atoms with Crippen molar-refractivity contribution < 1.29 is 22.4 Å². The first-order chi connectivity index (χ1) is 16.4. The minimum absolute atomic E-state index is 0.102. The summed E-state index contributed by atoms with van der Waals surface area (Å²) in [6.45, 7) is 4.61. The molecule has 0 saturated carbocycles. The Bertz CT molecular complexity index is 1290. The molecular weight excluding hydrogens is 479 g/mol. The van der Waals surface area contributed by atoms with Crippen LogP contribution >= 0.6 is 0 Å². The van der Waals surface area contributed by atoms with Crippen LogP contribution in [0.5, 0.6) is 0 Å². The fourth-order valence-electron chi connectivity index (χ4n) is 3.48. The maximum atomic E-state index is 13.8. The molecule has 2 rings (SSSR count). The number of hydrogen-bond donors (Lipinski definition) is 4. The average Bonchev–Trinajstić information content (AvgIpc) is 2.78. The molecule has 1 aromatic heterocycles. The SMILES string of the molecule is CCc1cc(N(C(C)=O)[C@H](C=O)CCCN=C(N)N)c(NS(=O)(=O)c2cc(F)ccc2C)c(=O)[nH]1. The van der Waals surface area contributed by atoms with Gasteiger partial charge in [0.25, 0.3) is 15.6 Å². The van der Waals surface area contributed by atoms with E-state index in [2.05, 4.69) is 14.7 Å². The molecule has 0 radical (unpaired) electrons. The van der Waals surface area contributed by atoms with Gasteiger partial charge in [-0.05, 0) is 49.9 Å². The summed E-state index contributed by atoms with van der Waals surface area (Å²) in [5.41, 5.74) is 9.86. The zero-order chi connectivity index (χ0) is 26.3. The lowest BCUT2D eigenvalue weighted by molar-refractivity contribution is -0.119. The molecule has 35 heavy (non-hydrogen) atoms. The number of rotatable bonds is 11. The normalized spacial score (nSPS) is 12.0. The summed E-state index contributed by atoms with van der Waals surface area (Å²) >= 11 is 0. The van der Waals surface area contributed by atoms with Crippen LogP contribution in [-0.4, -0.2) is 44.1 Å². The van der Waals surface area contributed by atoms with Crippen LogP contribution in [0.25, 0.3) is 0 Å². The van der Waals surface area contributed by atoms with Crippen molar-refractivity contribution in [1.82, 2.24) is 4.98 Å². The number of aldehydes is 1. The molecule has 190 valence electrons. The van der Waals surface area contributed by atoms with Crippen LogP contribution in [0.3, 0.4) is 0 Å². The topological polar surface area (TPSA) is 181 Å². The van der Waals surface area contributed by atoms with E-state index in [9.17, 15) is 27.2 Å². The minimum Gasteiger partial charge on any atom is -0.370 e. The van der Waals surface area contributed by atoms with Gasteiger partial charge in [-0.1, -0.05) is 13.0 Å². The van der Waals surface area contributed by atoms with Crippen molar-refractivity contribution in [3.8, 4) is 0 Å². The van der Waals surface area contributed by atoms with Crippen LogP contribution in [-0.2, 0) is 26.0 Å². The molecule has 11 nitrogen and oxygen atoms in total. The van der Waals surface area contributed by atoms with E-state index >= 15 is 0 Å². The number of guanidine groups is 1. The lowest BCUT2D eigenvalue weighted by Crippen LogP contribution is -2.42. The molecule has 1 atom stereocenters. The van der Waals surface area contributed by atoms with E-state index in [1.807, 2.05) is 0 Å². The van der Waals surface area contributed by atoms with Gasteiger partial charge in [0.2, 0.25) is 5.91 Å². The number of H-pyrrole nitrogens is 1. The molecule has 0 spiro atoms. The number of nitrogens with two attached hydrogens (primary N) is 2. The molecule has 0 aliphatic carbocycles. The maximum Gasteiger partial charge on any atom is 0.274 e. The highest BCUT2D eigenvalue weighted by Crippen LogP contribution is 2.29. The number of nitrogens with zero attached hydrogens (tertiary/aromatic N) is 2. The number of aromatic nitrogens is 1. The van der Waals surface area contributed by atoms with Crippen LogP contribution in [0.1, 0.15) is 37.9 Å². The fraction of sp³-hybridized carbons (Fsp3) is 0.364. The summed E-state index contributed by atoms with van der Waals surface area (Å²) < 4.78 is 42.2. The van der Waals surface area contributed by atoms with Crippen LogP contribution in [0, 0.1) is 12.7 Å². The molecule has 2 aromatic rings. The van der Waals surface area contributed by atoms with Gasteiger partial charge in [-0.3, -0.25) is 19.3 Å². The Morgan fingerprint density at radius 2 is 2.00 bits per heavy atom. The molecule has 0 fully saturated rings. The zero-order valence-electron chi connectivity index (χ0n) is 19.7. The third-order valence-electron chi connectivity index (χ3n) is 5.17. The summed E-state index contributed by atoms with van der Waals surface area (Å²) in [5.74, 6) is -1.50. The van der Waals surface area contributed by atoms with Gasteiger partial charge in [-0.15, -0.1) is 0 Å². The number of aliphatic imine (C=N–C) groups is 1. The number of hydrogen-bond acceptors (Lipinski definition) is 6. The third-order valence-corrected chi connectivity index (χ3v) is 6.66. The van der Waals surface area contributed by atoms with Crippen LogP contribution in [0.15, 0.2) is 38.9 Å². The summed E-state index contributed by atoms with van der Waals surface area (Å²) in [4.78, 5) is 44.6. The smallest absolute Gasteiger partial charge is 0.274 e. The highest BCUT2D eigenvalue weighted by Gasteiger charge is 2.29. The van der Waals surface area contributed by atoms with Crippen LogP contribution in [0.4, 0.5) is 15.8 Å². The van der Waals surface area contributed by atoms with E-state index < -0.39 is 39.0 Å². The second kappa shape index (κ2) is 11.6. The van der Waals surface area contributed by atoms with E-state index in [0.29, 0.717) is 24.8 Å². The van der Waals surface area contributed by atoms with Crippen molar-refractivity contribution in [2.45, 2.75) is 51.0 Å². The van der Waals surface area contributed by atoms with Gasteiger partial charge in [0.15, 0.2) is 5.96 Å². The first-order valence-electron chi connectivity index (χ1n) is 10.8. The molecule has 0 aliphatic rings. The number of carbonyl (C=O) groups excluding carboxylic acids is 2. The first kappa shape index (κ1) is 27.5. The summed E-state index contributed by atoms with van der Waals surface area (Å²) in [7, 11) is -4.43. The fourth-order valence-corrected chi connectivity index (χ4v) is 4.81. The largest absolute Gasteiger partial charge is 0.370 e. The van der Waals surface area contributed by atoms with Crippen molar-refractivity contribution in [1.29, 1.82) is 0 Å². The van der Waals surface area contributed by atoms with E-state index in [0.717, 1.165) is 17.0 Å². The van der Waals surface area contributed by atoms with Crippen molar-refractivity contribution in [3.05, 3.63) is 51.7 Å². The van der Waals surface area contributed by atoms with Crippen LogP contribution < -0.4 is 26.6 Å². The van der Waals surface area contributed by atoms with Crippen molar-refractivity contribution in [2.75, 3.05) is 16.2 Å². The summed E-state index contributed by atoms with van der Waals surface area (Å²) in [6, 6.07) is 3.61. The number of nitrogens with one attached hydrogen (secondary N) is 2. The van der Waals surface area contributed by atoms with Gasteiger partial charge < -0.3 is 26.1 Å². The lowest BCUT2D eigenvalue weighted by atomic mass is 10.1. The Morgan fingerprint density at radius 3 is 2.57 bits per heavy atom. The number of halogens is 1. The van der Waals surface area contributed by atoms with Gasteiger partial charge in [0, 0.05) is 19.2 Å². The predicted molar refractivity (Wildman–Crippen MR) is 131 cm³/mol. The quantitative estimate of drug-likeness (QED) is 0.152. The number of aryl methyl sites for hydroxylation is 2. The van der Waals surface area contributed by atoms with E-state index in [1.165, 1.54) is 26.0 Å². The van der Waals surface area contributed by atoms with E-state index in [4.69, 9.17) is 11.5 Å². The number of amides is 1. The standard InChI is InChI=1S/C22H29FN6O5S/c1-4-16-11-18(29(14(3)31)17(12-30)6-5-9-26-22(24)25)20(21(32)27-16)28-35(33,34)19-10-15(23)8-7-13(19)2/h7-8,10-12,17,28H,4-6,9H2,1-3H3,(H,27,32)(H4,24,25,26)/t17-/m0/s1. The van der Waals surface area contributed by atoms with Gasteiger partial charge in [-0.2, -0.15) is 0 Å². The van der Waals surface area contributed by atoms with Crippen molar-refractivity contribution >= 4 is 39.6 Å². The highest BCUT2D eigenvalue weighted by molar-refractivity contribution is 7.92. The first-order valence-corrected chi connectivity index (χ1v) is 12.2. The number of benzene rings is 1. The second-order valence-electron chi connectivity index (χ2n) is 7.79. The predicted octanol–water partition coefficient (Wildman–Crippen LogP) is 1.16. The maximum absolute atomic E-state index is 13.8. The summed E-state index contributed by atoms with van der Waals surface area (Å²) in [6.07, 6.45) is 1.36. The molecular formula is C22H29FN6O5S. The summed E-state index contributed by atoms with van der Waals surface area (Å²) in [5, 5.41) is 0. The zero-order valence-corrected chi connectivity index (χ0v) is 20.5. The average molecular weight is 509 g/mol. The molecule has 0 unspecified atom stereocenters. The van der Waals surface area contributed by atoms with E-state index in [1.54, 1.807) is 6.92 Å². The Labute approximate surface area is 202 Å². The monoisotopic (exact) mass is 508 g/mol. The number of aromatic amines is 1. The second-order valence-corrected chi connectivity index (χ2v) is 9.44. The van der Waals surface area contributed by atoms with Gasteiger partial charge in [-0.25, -0.2) is 12.8 Å². The minimum atomic E-state index is -4.43. The lowest BCUT2D eigenvalue weighted by Gasteiger charge is -2.29. The Morgan fingerprint density at radius 1 is 1.31 bits per heavy atom. The number of carbonyl (C=O) groups is 2. The Balaban J connectivity index is 2.61. The molecule has 1 heterocycles. The van der Waals surface area contributed by atoms with Crippen LogP contribution in [0.2, 0.25) is 0 Å². The molecule has 0 bridgehead atoms. The van der Waals surface area contributed by atoms with Gasteiger partial charge >= 0.3 is 0 Å². The van der Waals surface area contributed by atoms with Gasteiger partial charge in [0.1, 0.15) is 17.8 Å². The number of anilines is 2. The molecule has 13 heteroatoms.